The van der Waals surface area contributed by atoms with E-state index in [-0.39, 0.29) is 5.91 Å². The summed E-state index contributed by atoms with van der Waals surface area (Å²) in [5.74, 6) is 2.05. The van der Waals surface area contributed by atoms with Crippen molar-refractivity contribution in [2.24, 2.45) is 10.9 Å². The van der Waals surface area contributed by atoms with E-state index in [9.17, 15) is 4.79 Å². The van der Waals surface area contributed by atoms with Crippen LogP contribution in [0.1, 0.15) is 19.4 Å². The molecule has 0 bridgehead atoms. The van der Waals surface area contributed by atoms with Crippen LogP contribution in [-0.2, 0) is 4.79 Å². The summed E-state index contributed by atoms with van der Waals surface area (Å²) in [5, 5.41) is 3.76. The van der Waals surface area contributed by atoms with E-state index in [1.54, 1.807) is 38.5 Å². The van der Waals surface area contributed by atoms with Crippen LogP contribution < -0.4 is 19.5 Å². The summed E-state index contributed by atoms with van der Waals surface area (Å²) in [6, 6.07) is 10.7. The standard InChI is InChI=1S/C22H23ClN2O4S/c1-13(2)12-29-18-7-5-14(9-19(18)28-4)10-20-21(26)25-22(30-20)24-16-11-15(23)6-8-17(16)27-3/h5-11,13H,12H2,1-4H3,(H,24,25,26)/b20-10-. The van der Waals surface area contributed by atoms with Gasteiger partial charge in [-0.15, -0.1) is 0 Å². The molecule has 6 nitrogen and oxygen atoms in total. The van der Waals surface area contributed by atoms with Crippen LogP contribution in [0.5, 0.6) is 17.2 Å². The van der Waals surface area contributed by atoms with E-state index >= 15 is 0 Å². The van der Waals surface area contributed by atoms with Crippen molar-refractivity contribution < 1.29 is 19.0 Å². The normalized spacial score (nSPS) is 16.3. The van der Waals surface area contributed by atoms with Crippen LogP contribution >= 0.6 is 23.4 Å². The number of amides is 1. The fourth-order valence-corrected chi connectivity index (χ4v) is 3.64. The molecule has 2 aromatic carbocycles. The highest BCUT2D eigenvalue weighted by Gasteiger charge is 2.24. The lowest BCUT2D eigenvalue weighted by Crippen LogP contribution is -2.19. The molecule has 0 aliphatic carbocycles. The minimum absolute atomic E-state index is 0.223. The third-order valence-electron chi connectivity index (χ3n) is 4.07. The Labute approximate surface area is 185 Å². The maximum absolute atomic E-state index is 12.4. The zero-order valence-electron chi connectivity index (χ0n) is 17.2. The maximum Gasteiger partial charge on any atom is 0.264 e. The Morgan fingerprint density at radius 3 is 2.53 bits per heavy atom. The molecule has 0 radical (unpaired) electrons. The molecule has 1 aliphatic heterocycles. The van der Waals surface area contributed by atoms with Crippen LogP contribution in [0, 0.1) is 5.92 Å². The third-order valence-corrected chi connectivity index (χ3v) is 5.22. The highest BCUT2D eigenvalue weighted by Crippen LogP contribution is 2.35. The third kappa shape index (κ3) is 5.49. The number of halogens is 1. The average molecular weight is 447 g/mol. The number of rotatable bonds is 7. The number of ether oxygens (including phenoxy) is 3. The molecule has 1 saturated heterocycles. The lowest BCUT2D eigenvalue weighted by Gasteiger charge is -2.12. The van der Waals surface area contributed by atoms with Crippen molar-refractivity contribution >= 4 is 46.2 Å². The lowest BCUT2D eigenvalue weighted by atomic mass is 10.2. The van der Waals surface area contributed by atoms with Crippen molar-refractivity contribution in [2.45, 2.75) is 13.8 Å². The van der Waals surface area contributed by atoms with Gasteiger partial charge in [0.15, 0.2) is 16.7 Å². The largest absolute Gasteiger partial charge is 0.494 e. The van der Waals surface area contributed by atoms with E-state index < -0.39 is 0 Å². The number of nitrogens with zero attached hydrogens (tertiary/aromatic N) is 1. The molecular weight excluding hydrogens is 424 g/mol. The number of benzene rings is 2. The van der Waals surface area contributed by atoms with Gasteiger partial charge in [-0.25, -0.2) is 4.99 Å². The number of aliphatic imine (C=N–C) groups is 1. The number of nitrogens with one attached hydrogen (secondary N) is 1. The van der Waals surface area contributed by atoms with Crippen molar-refractivity contribution in [1.82, 2.24) is 5.32 Å². The number of amidine groups is 1. The number of carbonyl (C=O) groups is 1. The lowest BCUT2D eigenvalue weighted by molar-refractivity contribution is -0.115. The van der Waals surface area contributed by atoms with Crippen LogP contribution in [0.3, 0.4) is 0 Å². The second kappa shape index (κ2) is 9.91. The Morgan fingerprint density at radius 2 is 1.83 bits per heavy atom. The van der Waals surface area contributed by atoms with Gasteiger partial charge < -0.3 is 19.5 Å². The molecule has 2 aromatic rings. The number of carbonyl (C=O) groups excluding carboxylic acids is 1. The minimum Gasteiger partial charge on any atom is -0.494 e. The van der Waals surface area contributed by atoms with E-state index in [0.29, 0.717) is 50.6 Å². The summed E-state index contributed by atoms with van der Waals surface area (Å²) in [6.07, 6.45) is 1.78. The summed E-state index contributed by atoms with van der Waals surface area (Å²) < 4.78 is 16.5. The summed E-state index contributed by atoms with van der Waals surface area (Å²) in [5.41, 5.74) is 1.37. The molecule has 1 amide bonds. The predicted octanol–water partition coefficient (Wildman–Crippen LogP) is 5.28. The van der Waals surface area contributed by atoms with E-state index in [1.807, 2.05) is 18.2 Å². The van der Waals surface area contributed by atoms with Gasteiger partial charge in [-0.05, 0) is 59.7 Å². The van der Waals surface area contributed by atoms with E-state index in [0.717, 1.165) is 5.56 Å². The molecule has 8 heteroatoms. The molecular formula is C22H23ClN2O4S. The molecule has 1 heterocycles. The van der Waals surface area contributed by atoms with Gasteiger partial charge in [-0.1, -0.05) is 31.5 Å². The van der Waals surface area contributed by atoms with Crippen molar-refractivity contribution in [2.75, 3.05) is 20.8 Å². The van der Waals surface area contributed by atoms with Gasteiger partial charge in [-0.2, -0.15) is 0 Å². The van der Waals surface area contributed by atoms with E-state index in [2.05, 4.69) is 24.2 Å². The van der Waals surface area contributed by atoms with E-state index in [1.165, 1.54) is 11.8 Å². The van der Waals surface area contributed by atoms with Crippen molar-refractivity contribution in [3.05, 3.63) is 51.9 Å². The summed E-state index contributed by atoms with van der Waals surface area (Å²) >= 11 is 7.30. The summed E-state index contributed by atoms with van der Waals surface area (Å²) in [6.45, 7) is 4.76. The second-order valence-electron chi connectivity index (χ2n) is 6.91. The SMILES string of the molecule is COc1ccc(Cl)cc1N=C1NC(=O)/C(=C/c2ccc(OCC(C)C)c(OC)c2)S1. The quantitative estimate of drug-likeness (QED) is 0.585. The maximum atomic E-state index is 12.4. The van der Waals surface area contributed by atoms with Gasteiger partial charge in [0.1, 0.15) is 11.4 Å². The molecule has 0 aromatic heterocycles. The molecule has 0 atom stereocenters. The number of methoxy groups -OCH3 is 2. The fraction of sp³-hybridized carbons (Fsp3) is 0.273. The molecule has 158 valence electrons. The van der Waals surface area contributed by atoms with Gasteiger partial charge in [0.05, 0.1) is 25.7 Å². The van der Waals surface area contributed by atoms with Gasteiger partial charge in [0.25, 0.3) is 5.91 Å². The summed E-state index contributed by atoms with van der Waals surface area (Å²) in [4.78, 5) is 17.4. The zero-order valence-corrected chi connectivity index (χ0v) is 18.8. The number of hydrogen-bond donors (Lipinski definition) is 1. The molecule has 0 saturated carbocycles. The van der Waals surface area contributed by atoms with Gasteiger partial charge in [-0.3, -0.25) is 4.79 Å². The molecule has 1 N–H and O–H groups in total. The smallest absolute Gasteiger partial charge is 0.264 e. The number of thioether (sulfide) groups is 1. The van der Waals surface area contributed by atoms with Crippen LogP contribution in [-0.4, -0.2) is 31.9 Å². The Morgan fingerprint density at radius 1 is 1.10 bits per heavy atom. The predicted molar refractivity (Wildman–Crippen MR) is 122 cm³/mol. The molecule has 30 heavy (non-hydrogen) atoms. The first kappa shape index (κ1) is 22.1. The molecule has 3 rings (SSSR count). The first-order valence-corrected chi connectivity index (χ1v) is 10.5. The molecule has 1 aliphatic rings. The van der Waals surface area contributed by atoms with Crippen LogP contribution in [0.15, 0.2) is 46.3 Å². The van der Waals surface area contributed by atoms with Crippen LogP contribution in [0.25, 0.3) is 6.08 Å². The van der Waals surface area contributed by atoms with Crippen molar-refractivity contribution in [3.8, 4) is 17.2 Å². The van der Waals surface area contributed by atoms with E-state index in [4.69, 9.17) is 25.8 Å². The van der Waals surface area contributed by atoms with Gasteiger partial charge in [0, 0.05) is 5.02 Å². The average Bonchev–Trinajstić information content (AvgIpc) is 3.05. The van der Waals surface area contributed by atoms with Gasteiger partial charge in [0.2, 0.25) is 0 Å². The topological polar surface area (TPSA) is 69.2 Å². The van der Waals surface area contributed by atoms with Crippen LogP contribution in [0.2, 0.25) is 5.02 Å². The molecule has 0 unspecified atom stereocenters. The van der Waals surface area contributed by atoms with Gasteiger partial charge >= 0.3 is 0 Å². The summed E-state index contributed by atoms with van der Waals surface area (Å²) in [7, 11) is 3.15. The first-order valence-electron chi connectivity index (χ1n) is 9.33. The van der Waals surface area contributed by atoms with Crippen molar-refractivity contribution in [1.29, 1.82) is 0 Å². The Kier molecular flexibility index (Phi) is 7.29. The Bertz CT molecular complexity index is 1000. The van der Waals surface area contributed by atoms with Crippen LogP contribution in [0.4, 0.5) is 5.69 Å². The first-order chi connectivity index (χ1) is 14.4. The zero-order chi connectivity index (χ0) is 21.7. The second-order valence-corrected chi connectivity index (χ2v) is 8.38. The number of hydrogen-bond acceptors (Lipinski definition) is 6. The minimum atomic E-state index is -0.223. The molecule has 1 fully saturated rings. The Balaban J connectivity index is 1.82. The monoisotopic (exact) mass is 446 g/mol. The Hall–Kier alpha value is -2.64. The molecule has 0 spiro atoms. The highest BCUT2D eigenvalue weighted by molar-refractivity contribution is 8.18. The highest BCUT2D eigenvalue weighted by atomic mass is 35.5. The van der Waals surface area contributed by atoms with Crippen molar-refractivity contribution in [3.63, 3.8) is 0 Å². The fourth-order valence-electron chi connectivity index (χ4n) is 2.64.